The lowest BCUT2D eigenvalue weighted by Gasteiger charge is -2.29. The van der Waals surface area contributed by atoms with Crippen LogP contribution in [0.3, 0.4) is 0 Å². The van der Waals surface area contributed by atoms with Crippen molar-refractivity contribution in [1.29, 1.82) is 0 Å². The van der Waals surface area contributed by atoms with Crippen LogP contribution in [0.25, 0.3) is 0 Å². The zero-order valence-electron chi connectivity index (χ0n) is 16.9. The molecular weight excluding hydrogens is 398 g/mol. The molecular formula is C17H31N7O6. The summed E-state index contributed by atoms with van der Waals surface area (Å²) in [6.45, 7) is 1.30. The number of nitrogens with two attached hydrogens (primary N) is 3. The van der Waals surface area contributed by atoms with Crippen LogP contribution >= 0.6 is 0 Å². The summed E-state index contributed by atoms with van der Waals surface area (Å²) in [7, 11) is 0. The number of nitrogens with one attached hydrogen (secondary N) is 2. The van der Waals surface area contributed by atoms with Crippen LogP contribution in [-0.2, 0) is 19.2 Å². The quantitative estimate of drug-likeness (QED) is 0.0977. The Morgan fingerprint density at radius 3 is 2.50 bits per heavy atom. The molecule has 0 aromatic rings. The van der Waals surface area contributed by atoms with E-state index in [2.05, 4.69) is 15.6 Å². The van der Waals surface area contributed by atoms with Crippen molar-refractivity contribution in [3.8, 4) is 0 Å². The number of nitrogens with zero attached hydrogens (tertiary/aromatic N) is 2. The second-order valence-corrected chi connectivity index (χ2v) is 7.08. The molecule has 0 bridgehead atoms. The standard InChI is InChI=1S/C17H31N7O6/c1-9(25)13(15(29)22-8-12(26)27)23-14(28)11-5-3-7-24(11)16(30)10(18)4-2-6-21-17(19)20/h9-11,13,25H,2-8,18H2,1H3,(H,22,29)(H,23,28)(H,26,27)(H4,19,20,21). The summed E-state index contributed by atoms with van der Waals surface area (Å²) in [5.74, 6) is -3.18. The van der Waals surface area contributed by atoms with Gasteiger partial charge in [0.25, 0.3) is 0 Å². The Balaban J connectivity index is 2.70. The van der Waals surface area contributed by atoms with Crippen LogP contribution in [0.4, 0.5) is 0 Å². The van der Waals surface area contributed by atoms with Crippen molar-refractivity contribution in [3.05, 3.63) is 0 Å². The first-order valence-corrected chi connectivity index (χ1v) is 9.64. The highest BCUT2D eigenvalue weighted by Gasteiger charge is 2.38. The molecule has 13 nitrogen and oxygen atoms in total. The van der Waals surface area contributed by atoms with Crippen molar-refractivity contribution in [2.45, 2.75) is 56.8 Å². The number of aliphatic hydroxyl groups is 1. The van der Waals surface area contributed by atoms with Gasteiger partial charge in [-0.25, -0.2) is 0 Å². The molecule has 1 heterocycles. The Kier molecular flexibility index (Phi) is 9.98. The molecule has 0 radical (unpaired) electrons. The minimum atomic E-state index is -1.36. The molecule has 30 heavy (non-hydrogen) atoms. The molecule has 1 fully saturated rings. The lowest BCUT2D eigenvalue weighted by atomic mass is 10.1. The highest BCUT2D eigenvalue weighted by molar-refractivity contribution is 5.94. The van der Waals surface area contributed by atoms with Crippen LogP contribution in [0, 0.1) is 0 Å². The highest BCUT2D eigenvalue weighted by atomic mass is 16.4. The van der Waals surface area contributed by atoms with Crippen molar-refractivity contribution in [2.75, 3.05) is 19.6 Å². The molecule has 3 amide bonds. The minimum Gasteiger partial charge on any atom is -0.480 e. The SMILES string of the molecule is CC(O)C(NC(=O)C1CCCN1C(=O)C(N)CCCN=C(N)N)C(=O)NCC(=O)O. The van der Waals surface area contributed by atoms with Gasteiger partial charge in [-0.05, 0) is 32.6 Å². The first-order chi connectivity index (χ1) is 14.0. The van der Waals surface area contributed by atoms with E-state index in [1.165, 1.54) is 11.8 Å². The van der Waals surface area contributed by atoms with Crippen molar-refractivity contribution < 1.29 is 29.4 Å². The number of hydrogen-bond donors (Lipinski definition) is 7. The van der Waals surface area contributed by atoms with E-state index < -0.39 is 54.5 Å². The number of guanidine groups is 1. The molecule has 170 valence electrons. The Morgan fingerprint density at radius 2 is 1.93 bits per heavy atom. The molecule has 0 aliphatic carbocycles. The van der Waals surface area contributed by atoms with Crippen molar-refractivity contribution in [3.63, 3.8) is 0 Å². The van der Waals surface area contributed by atoms with Crippen LogP contribution in [0.1, 0.15) is 32.6 Å². The fourth-order valence-electron chi connectivity index (χ4n) is 3.09. The summed E-state index contributed by atoms with van der Waals surface area (Å²) in [6, 6.07) is -3.03. The van der Waals surface area contributed by atoms with Crippen LogP contribution in [0.5, 0.6) is 0 Å². The molecule has 1 aliphatic rings. The molecule has 4 unspecified atom stereocenters. The number of carboxylic acids is 1. The average molecular weight is 429 g/mol. The summed E-state index contributed by atoms with van der Waals surface area (Å²) in [5.41, 5.74) is 16.4. The number of likely N-dealkylation sites (tertiary alicyclic amines) is 1. The average Bonchev–Trinajstić information content (AvgIpc) is 3.16. The predicted octanol–water partition coefficient (Wildman–Crippen LogP) is -3.58. The van der Waals surface area contributed by atoms with Crippen LogP contribution in [-0.4, -0.2) is 88.6 Å². The number of carbonyl (C=O) groups excluding carboxylic acids is 3. The lowest BCUT2D eigenvalue weighted by Crippen LogP contribution is -2.58. The Hall–Kier alpha value is -2.93. The maximum Gasteiger partial charge on any atom is 0.322 e. The lowest BCUT2D eigenvalue weighted by molar-refractivity contribution is -0.142. The maximum atomic E-state index is 12.7. The first kappa shape index (κ1) is 25.1. The van der Waals surface area contributed by atoms with E-state index >= 15 is 0 Å². The van der Waals surface area contributed by atoms with E-state index in [1.54, 1.807) is 0 Å². The highest BCUT2D eigenvalue weighted by Crippen LogP contribution is 2.19. The van der Waals surface area contributed by atoms with Gasteiger partial charge in [-0.3, -0.25) is 24.2 Å². The topological polar surface area (TPSA) is 226 Å². The molecule has 13 heteroatoms. The molecule has 0 spiro atoms. The smallest absolute Gasteiger partial charge is 0.322 e. The van der Waals surface area contributed by atoms with E-state index in [-0.39, 0.29) is 5.96 Å². The monoisotopic (exact) mass is 429 g/mol. The van der Waals surface area contributed by atoms with Crippen molar-refractivity contribution in [1.82, 2.24) is 15.5 Å². The number of hydrogen-bond acceptors (Lipinski definition) is 7. The molecule has 0 saturated carbocycles. The van der Waals surface area contributed by atoms with Gasteiger partial charge < -0.3 is 42.9 Å². The molecule has 0 aromatic heterocycles. The number of amides is 3. The summed E-state index contributed by atoms with van der Waals surface area (Å²) in [4.78, 5) is 53.2. The predicted molar refractivity (Wildman–Crippen MR) is 107 cm³/mol. The summed E-state index contributed by atoms with van der Waals surface area (Å²) >= 11 is 0. The normalized spacial score (nSPS) is 18.8. The first-order valence-electron chi connectivity index (χ1n) is 9.64. The van der Waals surface area contributed by atoms with Gasteiger partial charge in [0.2, 0.25) is 17.7 Å². The van der Waals surface area contributed by atoms with Crippen molar-refractivity contribution >= 4 is 29.7 Å². The van der Waals surface area contributed by atoms with E-state index in [0.717, 1.165) is 0 Å². The zero-order valence-corrected chi connectivity index (χ0v) is 16.9. The number of aliphatic hydroxyl groups excluding tert-OH is 1. The number of carboxylic acid groups (broad SMARTS) is 1. The number of aliphatic imine (C=N–C) groups is 1. The molecule has 1 saturated heterocycles. The van der Waals surface area contributed by atoms with Gasteiger partial charge in [-0.1, -0.05) is 0 Å². The van der Waals surface area contributed by atoms with Crippen LogP contribution in [0.2, 0.25) is 0 Å². The maximum absolute atomic E-state index is 12.7. The van der Waals surface area contributed by atoms with Crippen molar-refractivity contribution in [2.24, 2.45) is 22.2 Å². The van der Waals surface area contributed by atoms with Gasteiger partial charge in [-0.2, -0.15) is 0 Å². The Labute approximate surface area is 174 Å². The fourth-order valence-corrected chi connectivity index (χ4v) is 3.09. The number of aliphatic carboxylic acids is 1. The van der Waals surface area contributed by atoms with E-state index in [0.29, 0.717) is 38.8 Å². The van der Waals surface area contributed by atoms with E-state index in [4.69, 9.17) is 22.3 Å². The Morgan fingerprint density at radius 1 is 1.27 bits per heavy atom. The van der Waals surface area contributed by atoms with Gasteiger partial charge >= 0.3 is 5.97 Å². The summed E-state index contributed by atoms with van der Waals surface area (Å²) < 4.78 is 0. The molecule has 10 N–H and O–H groups in total. The third-order valence-electron chi connectivity index (χ3n) is 4.60. The van der Waals surface area contributed by atoms with Crippen LogP contribution in [0.15, 0.2) is 4.99 Å². The van der Waals surface area contributed by atoms with Crippen LogP contribution < -0.4 is 27.8 Å². The summed E-state index contributed by atoms with van der Waals surface area (Å²) in [5, 5.41) is 23.0. The van der Waals surface area contributed by atoms with Gasteiger partial charge in [0.15, 0.2) is 5.96 Å². The summed E-state index contributed by atoms with van der Waals surface area (Å²) in [6.07, 6.45) is 0.500. The third kappa shape index (κ3) is 7.83. The van der Waals surface area contributed by atoms with E-state index in [9.17, 15) is 24.3 Å². The number of carbonyl (C=O) groups is 4. The second kappa shape index (κ2) is 11.9. The largest absolute Gasteiger partial charge is 0.480 e. The zero-order chi connectivity index (χ0) is 22.8. The van der Waals surface area contributed by atoms with Gasteiger partial charge in [0, 0.05) is 13.1 Å². The fraction of sp³-hybridized carbons (Fsp3) is 0.706. The molecule has 4 atom stereocenters. The second-order valence-electron chi connectivity index (χ2n) is 7.08. The third-order valence-corrected chi connectivity index (χ3v) is 4.60. The number of rotatable bonds is 11. The van der Waals surface area contributed by atoms with Gasteiger partial charge in [0.05, 0.1) is 12.1 Å². The molecule has 1 aliphatic heterocycles. The van der Waals surface area contributed by atoms with Gasteiger partial charge in [0.1, 0.15) is 18.6 Å². The van der Waals surface area contributed by atoms with Gasteiger partial charge in [-0.15, -0.1) is 0 Å². The molecule has 1 rings (SSSR count). The molecule has 0 aromatic carbocycles. The van der Waals surface area contributed by atoms with E-state index in [1.807, 2.05) is 0 Å². The Bertz CT molecular complexity index is 665. The minimum absolute atomic E-state index is 0.0498.